The average molecular weight is 469 g/mol. The molecule has 0 aliphatic heterocycles. The summed E-state index contributed by atoms with van der Waals surface area (Å²) in [5, 5.41) is 19.8. The van der Waals surface area contributed by atoms with Crippen LogP contribution >= 0.6 is 7.29 Å². The van der Waals surface area contributed by atoms with Crippen LogP contribution in [0.3, 0.4) is 0 Å². The summed E-state index contributed by atoms with van der Waals surface area (Å²) in [5.74, 6) is -1.41. The van der Waals surface area contributed by atoms with E-state index < -0.39 is 32.1 Å². The monoisotopic (exact) mass is 469 g/mol. The van der Waals surface area contributed by atoms with E-state index in [1.807, 2.05) is 6.07 Å². The molecule has 0 saturated carbocycles. The third-order valence-electron chi connectivity index (χ3n) is 4.81. The van der Waals surface area contributed by atoms with Crippen LogP contribution in [-0.2, 0) is 25.5 Å². The van der Waals surface area contributed by atoms with E-state index in [0.29, 0.717) is 10.4 Å². The molecule has 8 nitrogen and oxygen atoms in total. The van der Waals surface area contributed by atoms with Crippen molar-refractivity contribution in [3.05, 3.63) is 96.6 Å². The molecule has 3 aromatic rings. The summed E-state index contributed by atoms with van der Waals surface area (Å²) in [7, 11) is -4.01. The molecule has 0 unspecified atom stereocenters. The zero-order valence-electron chi connectivity index (χ0n) is 17.7. The molecule has 9 heteroatoms. The first-order chi connectivity index (χ1) is 16.0. The number of rotatable bonds is 10. The highest BCUT2D eigenvalue weighted by atomic mass is 31.2. The van der Waals surface area contributed by atoms with Crippen LogP contribution in [0.2, 0.25) is 0 Å². The van der Waals surface area contributed by atoms with Crippen molar-refractivity contribution in [1.29, 1.82) is 0 Å². The SMILES string of the molecule is O=C(OCc1ccccc1)ON([C@@H](CCO)C(=O)O)P(=O)(c1ccccc1)c1ccccc1. The fourth-order valence-electron chi connectivity index (χ4n) is 3.22. The second-order valence-electron chi connectivity index (χ2n) is 7.03. The van der Waals surface area contributed by atoms with Gasteiger partial charge >= 0.3 is 12.1 Å². The smallest absolute Gasteiger partial charge is 0.480 e. The minimum Gasteiger partial charge on any atom is -0.480 e. The third kappa shape index (κ3) is 5.87. The van der Waals surface area contributed by atoms with E-state index in [1.54, 1.807) is 84.9 Å². The standard InChI is InChI=1S/C24H24NO7P/c26-17-16-22(23(27)28)25(32-24(29)31-18-19-10-4-1-5-11-19)33(30,20-12-6-2-7-13-20)21-14-8-3-9-15-21/h1-15,22,26H,16-18H2,(H,27,28)/t22-/m0/s1. The van der Waals surface area contributed by atoms with Gasteiger partial charge in [-0.25, -0.2) is 4.79 Å². The Morgan fingerprint density at radius 3 is 1.79 bits per heavy atom. The molecule has 0 bridgehead atoms. The van der Waals surface area contributed by atoms with E-state index >= 15 is 0 Å². The fraction of sp³-hybridized carbons (Fsp3) is 0.167. The molecule has 0 radical (unpaired) electrons. The Kier molecular flexibility index (Phi) is 8.38. The number of aliphatic hydroxyl groups excluding tert-OH is 1. The van der Waals surface area contributed by atoms with Crippen LogP contribution in [0.5, 0.6) is 0 Å². The number of carboxylic acids is 1. The van der Waals surface area contributed by atoms with Crippen LogP contribution in [0.1, 0.15) is 12.0 Å². The van der Waals surface area contributed by atoms with Crippen LogP contribution in [0.4, 0.5) is 4.79 Å². The third-order valence-corrected chi connectivity index (χ3v) is 7.72. The summed E-state index contributed by atoms with van der Waals surface area (Å²) >= 11 is 0. The molecule has 0 heterocycles. The first-order valence-corrected chi connectivity index (χ1v) is 11.9. The Balaban J connectivity index is 2.02. The summed E-state index contributed by atoms with van der Waals surface area (Å²) in [5.41, 5.74) is 0.695. The van der Waals surface area contributed by atoms with Crippen LogP contribution < -0.4 is 10.6 Å². The number of hydrogen-bond acceptors (Lipinski definition) is 6. The highest BCUT2D eigenvalue weighted by Crippen LogP contribution is 2.49. The molecule has 172 valence electrons. The van der Waals surface area contributed by atoms with E-state index in [0.717, 1.165) is 0 Å². The lowest BCUT2D eigenvalue weighted by atomic mass is 10.2. The number of carboxylic acid groups (broad SMARTS) is 1. The molecule has 33 heavy (non-hydrogen) atoms. The van der Waals surface area contributed by atoms with Gasteiger partial charge in [0.05, 0.1) is 0 Å². The zero-order valence-corrected chi connectivity index (χ0v) is 18.6. The summed E-state index contributed by atoms with van der Waals surface area (Å²) in [6, 6.07) is 23.6. The average Bonchev–Trinajstić information content (AvgIpc) is 2.86. The zero-order chi connectivity index (χ0) is 23.7. The number of benzene rings is 3. The lowest BCUT2D eigenvalue weighted by Gasteiger charge is -2.33. The molecule has 0 aliphatic rings. The largest absolute Gasteiger partial charge is 0.528 e. The number of hydrogen-bond donors (Lipinski definition) is 2. The van der Waals surface area contributed by atoms with Crippen molar-refractivity contribution in [1.82, 2.24) is 4.83 Å². The van der Waals surface area contributed by atoms with Gasteiger partial charge in [0.25, 0.3) is 0 Å². The normalized spacial score (nSPS) is 12.2. The molecule has 2 N–H and O–H groups in total. The van der Waals surface area contributed by atoms with Crippen LogP contribution in [-0.4, -0.2) is 39.8 Å². The van der Waals surface area contributed by atoms with Crippen LogP contribution in [0, 0.1) is 0 Å². The maximum absolute atomic E-state index is 14.6. The first kappa shape index (κ1) is 24.2. The Bertz CT molecular complexity index is 1050. The number of aliphatic hydroxyl groups is 1. The highest BCUT2D eigenvalue weighted by molar-refractivity contribution is 7.76. The lowest BCUT2D eigenvalue weighted by molar-refractivity contribution is -0.156. The van der Waals surface area contributed by atoms with Crippen molar-refractivity contribution in [2.45, 2.75) is 19.1 Å². The highest BCUT2D eigenvalue weighted by Gasteiger charge is 2.45. The fourth-order valence-corrected chi connectivity index (χ4v) is 5.92. The molecular weight excluding hydrogens is 445 g/mol. The van der Waals surface area contributed by atoms with Crippen LogP contribution in [0.25, 0.3) is 0 Å². The van der Waals surface area contributed by atoms with Gasteiger partial charge in [-0.05, 0) is 29.8 Å². The van der Waals surface area contributed by atoms with E-state index in [4.69, 9.17) is 9.57 Å². The minimum absolute atomic E-state index is 0.119. The summed E-state index contributed by atoms with van der Waals surface area (Å²) in [4.78, 5) is 30.7. The molecule has 0 saturated heterocycles. The molecule has 0 amide bonds. The predicted octanol–water partition coefficient (Wildman–Crippen LogP) is 3.32. The molecule has 3 aromatic carbocycles. The lowest BCUT2D eigenvalue weighted by Crippen LogP contribution is -2.45. The van der Waals surface area contributed by atoms with Crippen molar-refractivity contribution in [2.24, 2.45) is 0 Å². The number of carbonyl (C=O) groups excluding carboxylic acids is 1. The Morgan fingerprint density at radius 2 is 1.33 bits per heavy atom. The van der Waals surface area contributed by atoms with E-state index in [9.17, 15) is 24.4 Å². The number of aliphatic carboxylic acids is 1. The topological polar surface area (TPSA) is 113 Å². The Labute approximate surface area is 191 Å². The van der Waals surface area contributed by atoms with Gasteiger partial charge in [-0.15, -0.1) is 0 Å². The number of carbonyl (C=O) groups is 2. The second-order valence-corrected chi connectivity index (χ2v) is 9.61. The minimum atomic E-state index is -4.01. The molecule has 0 aromatic heterocycles. The summed E-state index contributed by atoms with van der Waals surface area (Å²) in [6.07, 6.45) is -1.54. The van der Waals surface area contributed by atoms with Gasteiger partial charge < -0.3 is 19.8 Å². The summed E-state index contributed by atoms with van der Waals surface area (Å²) < 4.78 is 19.7. The van der Waals surface area contributed by atoms with Crippen molar-refractivity contribution in [2.75, 3.05) is 6.61 Å². The summed E-state index contributed by atoms with van der Waals surface area (Å²) in [6.45, 7) is -0.647. The van der Waals surface area contributed by atoms with Gasteiger partial charge in [-0.3, -0.25) is 9.36 Å². The Morgan fingerprint density at radius 1 is 0.848 bits per heavy atom. The second kappa shape index (κ2) is 11.4. The quantitative estimate of drug-likeness (QED) is 0.264. The van der Waals surface area contributed by atoms with Gasteiger partial charge in [0.15, 0.2) is 6.04 Å². The molecule has 0 spiro atoms. The number of hydroxylamine groups is 1. The Hall–Kier alpha value is -3.45. The van der Waals surface area contributed by atoms with Gasteiger partial charge in [-0.1, -0.05) is 71.6 Å². The predicted molar refractivity (Wildman–Crippen MR) is 122 cm³/mol. The molecular formula is C24H24NO7P. The van der Waals surface area contributed by atoms with Gasteiger partial charge in [0.2, 0.25) is 7.29 Å². The van der Waals surface area contributed by atoms with Crippen molar-refractivity contribution >= 4 is 30.0 Å². The van der Waals surface area contributed by atoms with E-state index in [2.05, 4.69) is 0 Å². The van der Waals surface area contributed by atoms with Gasteiger partial charge in [0.1, 0.15) is 6.61 Å². The molecule has 0 aliphatic carbocycles. The molecule has 3 rings (SSSR count). The van der Waals surface area contributed by atoms with Crippen LogP contribution in [0.15, 0.2) is 91.0 Å². The van der Waals surface area contributed by atoms with E-state index in [-0.39, 0.29) is 23.6 Å². The number of ether oxygens (including phenoxy) is 1. The van der Waals surface area contributed by atoms with Gasteiger partial charge in [0, 0.05) is 23.6 Å². The van der Waals surface area contributed by atoms with Crippen molar-refractivity contribution < 1.29 is 33.9 Å². The van der Waals surface area contributed by atoms with Gasteiger partial charge in [-0.2, -0.15) is 0 Å². The molecule has 1 atom stereocenters. The van der Waals surface area contributed by atoms with Crippen molar-refractivity contribution in [3.8, 4) is 0 Å². The number of nitrogens with zero attached hydrogens (tertiary/aromatic N) is 1. The molecule has 0 fully saturated rings. The maximum Gasteiger partial charge on any atom is 0.528 e. The maximum atomic E-state index is 14.6. The van der Waals surface area contributed by atoms with E-state index in [1.165, 1.54) is 0 Å². The first-order valence-electron chi connectivity index (χ1n) is 10.2. The van der Waals surface area contributed by atoms with Crippen molar-refractivity contribution in [3.63, 3.8) is 0 Å².